The van der Waals surface area contributed by atoms with E-state index in [9.17, 15) is 19.5 Å². The van der Waals surface area contributed by atoms with E-state index in [0.29, 0.717) is 18.4 Å². The highest BCUT2D eigenvalue weighted by atomic mass is 16.5. The lowest BCUT2D eigenvalue weighted by atomic mass is 10.0. The minimum Gasteiger partial charge on any atom is -0.445 e. The number of aldehydes is 1. The van der Waals surface area contributed by atoms with Crippen molar-refractivity contribution in [2.24, 2.45) is 0 Å². The number of hydrogen-bond donors (Lipinski definition) is 2. The third kappa shape index (κ3) is 7.81. The number of amides is 2. The maximum atomic E-state index is 13.5. The number of alkyl carbamates (subject to hydrolysis) is 1. The molecule has 0 radical (unpaired) electrons. The largest absolute Gasteiger partial charge is 0.445 e. The van der Waals surface area contributed by atoms with E-state index in [2.05, 4.69) is 5.32 Å². The molecule has 0 heterocycles. The summed E-state index contributed by atoms with van der Waals surface area (Å²) >= 11 is 0. The van der Waals surface area contributed by atoms with Crippen LogP contribution in [0.4, 0.5) is 4.79 Å². The van der Waals surface area contributed by atoms with Crippen LogP contribution in [0.3, 0.4) is 0 Å². The molecule has 2 aromatic carbocycles. The van der Waals surface area contributed by atoms with Crippen LogP contribution in [0.1, 0.15) is 49.8 Å². The number of benzene rings is 2. The number of unbranched alkanes of at least 4 members (excludes halogenated alkanes) is 1. The van der Waals surface area contributed by atoms with Gasteiger partial charge in [-0.3, -0.25) is 4.79 Å². The highest BCUT2D eigenvalue weighted by molar-refractivity contribution is 5.88. The summed E-state index contributed by atoms with van der Waals surface area (Å²) in [7, 11) is 0. The van der Waals surface area contributed by atoms with Crippen LogP contribution in [0.5, 0.6) is 0 Å². The van der Waals surface area contributed by atoms with Crippen molar-refractivity contribution in [2.45, 2.75) is 51.3 Å². The van der Waals surface area contributed by atoms with Gasteiger partial charge in [0.2, 0.25) is 5.91 Å². The molecule has 2 aromatic rings. The predicted octanol–water partition coefficient (Wildman–Crippen LogP) is 3.62. The van der Waals surface area contributed by atoms with E-state index in [-0.39, 0.29) is 25.7 Å². The second kappa shape index (κ2) is 14.0. The molecule has 0 aromatic heterocycles. The van der Waals surface area contributed by atoms with Gasteiger partial charge in [0.1, 0.15) is 25.0 Å². The molecule has 32 heavy (non-hydrogen) atoms. The Morgan fingerprint density at radius 3 is 2.31 bits per heavy atom. The Hall–Kier alpha value is -3.19. The first-order valence-electron chi connectivity index (χ1n) is 11.0. The number of ether oxygens (including phenoxy) is 1. The molecule has 2 N–H and O–H groups in total. The van der Waals surface area contributed by atoms with Gasteiger partial charge in [-0.05, 0) is 24.0 Å². The molecular formula is C25H32N2O5. The molecule has 172 valence electrons. The zero-order chi connectivity index (χ0) is 23.2. The Bertz CT molecular complexity index is 829. The van der Waals surface area contributed by atoms with Crippen molar-refractivity contribution in [3.63, 3.8) is 0 Å². The molecule has 2 rings (SSSR count). The van der Waals surface area contributed by atoms with Crippen molar-refractivity contribution in [3.8, 4) is 0 Å². The summed E-state index contributed by atoms with van der Waals surface area (Å²) in [4.78, 5) is 39.3. The third-order valence-corrected chi connectivity index (χ3v) is 5.10. The maximum absolute atomic E-state index is 13.5. The second-order valence-electron chi connectivity index (χ2n) is 7.50. The lowest BCUT2D eigenvalue weighted by Gasteiger charge is -2.32. The molecule has 0 saturated carbocycles. The van der Waals surface area contributed by atoms with Crippen LogP contribution in [0, 0.1) is 0 Å². The molecule has 0 aliphatic heterocycles. The van der Waals surface area contributed by atoms with E-state index in [1.807, 2.05) is 43.3 Å². The van der Waals surface area contributed by atoms with Gasteiger partial charge in [0.25, 0.3) is 0 Å². The Morgan fingerprint density at radius 2 is 1.72 bits per heavy atom. The van der Waals surface area contributed by atoms with E-state index in [4.69, 9.17) is 4.74 Å². The number of aliphatic hydroxyl groups excluding tert-OH is 1. The Balaban J connectivity index is 2.16. The van der Waals surface area contributed by atoms with Crippen LogP contribution in [-0.2, 0) is 20.9 Å². The molecule has 7 nitrogen and oxygen atoms in total. The van der Waals surface area contributed by atoms with Crippen molar-refractivity contribution >= 4 is 18.3 Å². The van der Waals surface area contributed by atoms with Crippen molar-refractivity contribution in [2.75, 3.05) is 13.2 Å². The van der Waals surface area contributed by atoms with Gasteiger partial charge in [0.05, 0.1) is 0 Å². The number of carbonyl (C=O) groups is 3. The SMILES string of the molecule is CCCCC(NC(=O)OCc1ccccc1)C(=O)N(CCCO)C(C=O)c1ccccc1. The van der Waals surface area contributed by atoms with Crippen LogP contribution in [-0.4, -0.2) is 47.5 Å². The van der Waals surface area contributed by atoms with E-state index in [1.54, 1.807) is 24.3 Å². The Kier molecular flexibility index (Phi) is 11.0. The maximum Gasteiger partial charge on any atom is 0.408 e. The van der Waals surface area contributed by atoms with Crippen molar-refractivity contribution in [1.29, 1.82) is 0 Å². The lowest BCUT2D eigenvalue weighted by molar-refractivity contribution is -0.139. The number of carbonyl (C=O) groups excluding carboxylic acids is 3. The second-order valence-corrected chi connectivity index (χ2v) is 7.50. The summed E-state index contributed by atoms with van der Waals surface area (Å²) in [5.41, 5.74) is 1.52. The molecule has 0 aliphatic rings. The van der Waals surface area contributed by atoms with Gasteiger partial charge >= 0.3 is 6.09 Å². The lowest BCUT2D eigenvalue weighted by Crippen LogP contribution is -2.50. The minimum absolute atomic E-state index is 0.0938. The summed E-state index contributed by atoms with van der Waals surface area (Å²) in [6.45, 7) is 2.17. The van der Waals surface area contributed by atoms with Crippen LogP contribution >= 0.6 is 0 Å². The smallest absolute Gasteiger partial charge is 0.408 e. The Morgan fingerprint density at radius 1 is 1.06 bits per heavy atom. The summed E-state index contributed by atoms with van der Waals surface area (Å²) in [5.74, 6) is -0.371. The molecule has 2 atom stereocenters. The van der Waals surface area contributed by atoms with Gasteiger partial charge in [-0.1, -0.05) is 80.4 Å². The van der Waals surface area contributed by atoms with E-state index >= 15 is 0 Å². The number of hydrogen-bond acceptors (Lipinski definition) is 5. The molecule has 7 heteroatoms. The fourth-order valence-corrected chi connectivity index (χ4v) is 3.38. The topological polar surface area (TPSA) is 95.9 Å². The third-order valence-electron chi connectivity index (χ3n) is 5.10. The summed E-state index contributed by atoms with van der Waals surface area (Å²) < 4.78 is 5.29. The summed E-state index contributed by atoms with van der Waals surface area (Å²) in [6, 6.07) is 16.6. The molecule has 0 bridgehead atoms. The summed E-state index contributed by atoms with van der Waals surface area (Å²) in [6.07, 6.45) is 2.34. The molecule has 0 aliphatic carbocycles. The fourth-order valence-electron chi connectivity index (χ4n) is 3.38. The van der Waals surface area contributed by atoms with Gasteiger partial charge in [0, 0.05) is 13.2 Å². The highest BCUT2D eigenvalue weighted by Crippen LogP contribution is 2.21. The molecule has 2 unspecified atom stereocenters. The first kappa shape index (κ1) is 25.1. The Labute approximate surface area is 189 Å². The normalized spacial score (nSPS) is 12.4. The minimum atomic E-state index is -0.830. The summed E-state index contributed by atoms with van der Waals surface area (Å²) in [5, 5.41) is 12.0. The number of nitrogens with zero attached hydrogens (tertiary/aromatic N) is 1. The first-order valence-corrected chi connectivity index (χ1v) is 11.0. The molecule has 0 saturated heterocycles. The van der Waals surface area contributed by atoms with E-state index in [1.165, 1.54) is 4.90 Å². The van der Waals surface area contributed by atoms with E-state index in [0.717, 1.165) is 24.7 Å². The average molecular weight is 441 g/mol. The standard InChI is InChI=1S/C25H32N2O5/c1-2-3-15-22(26-25(31)32-19-20-11-6-4-7-12-20)24(30)27(16-10-17-28)23(18-29)21-13-8-5-9-14-21/h4-9,11-14,18,22-23,28H,2-3,10,15-17,19H2,1H3,(H,26,31). The number of nitrogens with one attached hydrogen (secondary N) is 1. The zero-order valence-electron chi connectivity index (χ0n) is 18.5. The van der Waals surface area contributed by atoms with Gasteiger partial charge in [-0.2, -0.15) is 0 Å². The average Bonchev–Trinajstić information content (AvgIpc) is 2.83. The van der Waals surface area contributed by atoms with Gasteiger partial charge in [-0.25, -0.2) is 4.79 Å². The zero-order valence-corrected chi connectivity index (χ0v) is 18.5. The first-order chi connectivity index (χ1) is 15.6. The van der Waals surface area contributed by atoms with Crippen LogP contribution < -0.4 is 5.32 Å². The van der Waals surface area contributed by atoms with Crippen molar-refractivity contribution in [1.82, 2.24) is 10.2 Å². The highest BCUT2D eigenvalue weighted by Gasteiger charge is 2.31. The monoisotopic (exact) mass is 440 g/mol. The van der Waals surface area contributed by atoms with Crippen LogP contribution in [0.25, 0.3) is 0 Å². The molecular weight excluding hydrogens is 408 g/mol. The molecule has 0 spiro atoms. The van der Waals surface area contributed by atoms with Gasteiger partial charge in [0.15, 0.2) is 0 Å². The van der Waals surface area contributed by atoms with Crippen molar-refractivity contribution < 1.29 is 24.2 Å². The van der Waals surface area contributed by atoms with Crippen LogP contribution in [0.2, 0.25) is 0 Å². The van der Waals surface area contributed by atoms with Gasteiger partial charge < -0.3 is 24.9 Å². The van der Waals surface area contributed by atoms with Crippen LogP contribution in [0.15, 0.2) is 60.7 Å². The quantitative estimate of drug-likeness (QED) is 0.464. The number of aliphatic hydroxyl groups is 1. The van der Waals surface area contributed by atoms with E-state index < -0.39 is 18.2 Å². The molecule has 2 amide bonds. The fraction of sp³-hybridized carbons (Fsp3) is 0.400. The van der Waals surface area contributed by atoms with Crippen molar-refractivity contribution in [3.05, 3.63) is 71.8 Å². The van der Waals surface area contributed by atoms with Gasteiger partial charge in [-0.15, -0.1) is 0 Å². The predicted molar refractivity (Wildman–Crippen MR) is 122 cm³/mol. The number of rotatable bonds is 13. The molecule has 0 fully saturated rings.